The van der Waals surface area contributed by atoms with Crippen LogP contribution < -0.4 is 10.1 Å². The van der Waals surface area contributed by atoms with Gasteiger partial charge in [-0.2, -0.15) is 0 Å². The largest absolute Gasteiger partial charge is 0.494 e. The fourth-order valence-corrected chi connectivity index (χ4v) is 4.06. The first-order chi connectivity index (χ1) is 10.2. The third kappa shape index (κ3) is 3.05. The Bertz CT molecular complexity index is 614. The Labute approximate surface area is 129 Å². The van der Waals surface area contributed by atoms with Crippen LogP contribution in [0.25, 0.3) is 0 Å². The lowest BCUT2D eigenvalue weighted by molar-refractivity contribution is 0.387. The van der Waals surface area contributed by atoms with Gasteiger partial charge in [-0.3, -0.25) is 0 Å². The number of nitrogens with one attached hydrogen (secondary N) is 1. The smallest absolute Gasteiger partial charge is 0.165 e. The number of methoxy groups -OCH3 is 1. The van der Waals surface area contributed by atoms with E-state index in [9.17, 15) is 4.39 Å². The summed E-state index contributed by atoms with van der Waals surface area (Å²) in [5, 5.41) is 3.43. The highest BCUT2D eigenvalue weighted by Crippen LogP contribution is 2.34. The molecule has 0 amide bonds. The maximum absolute atomic E-state index is 13.4. The number of halogens is 1. The van der Waals surface area contributed by atoms with E-state index in [2.05, 4.69) is 18.3 Å². The topological polar surface area (TPSA) is 21.3 Å². The predicted octanol–water partition coefficient (Wildman–Crippen LogP) is 4.95. The Kier molecular flexibility index (Phi) is 4.15. The van der Waals surface area contributed by atoms with Crippen LogP contribution in [0.15, 0.2) is 24.3 Å². The normalized spacial score (nSPS) is 15.4. The van der Waals surface area contributed by atoms with Crippen molar-refractivity contribution in [3.63, 3.8) is 0 Å². The number of hydrogen-bond acceptors (Lipinski definition) is 3. The van der Waals surface area contributed by atoms with Crippen molar-refractivity contribution >= 4 is 17.0 Å². The monoisotopic (exact) mass is 305 g/mol. The molecule has 0 saturated heterocycles. The molecule has 0 fully saturated rings. The third-order valence-electron chi connectivity index (χ3n) is 3.98. The van der Waals surface area contributed by atoms with Crippen LogP contribution in [0.4, 0.5) is 10.1 Å². The van der Waals surface area contributed by atoms with Crippen LogP contribution in [0.1, 0.15) is 41.1 Å². The van der Waals surface area contributed by atoms with E-state index in [-0.39, 0.29) is 17.6 Å². The Hall–Kier alpha value is -1.55. The van der Waals surface area contributed by atoms with Gasteiger partial charge in [0.05, 0.1) is 13.2 Å². The Morgan fingerprint density at radius 1 is 1.24 bits per heavy atom. The molecular formula is C17H20FNOS. The van der Waals surface area contributed by atoms with Crippen LogP contribution in [0, 0.1) is 5.82 Å². The van der Waals surface area contributed by atoms with Gasteiger partial charge < -0.3 is 10.1 Å². The molecular weight excluding hydrogens is 285 g/mol. The number of rotatable bonds is 4. The highest BCUT2D eigenvalue weighted by Gasteiger charge is 2.16. The molecule has 112 valence electrons. The minimum Gasteiger partial charge on any atom is -0.494 e. The summed E-state index contributed by atoms with van der Waals surface area (Å²) in [7, 11) is 1.49. The summed E-state index contributed by atoms with van der Waals surface area (Å²) < 4.78 is 18.5. The molecule has 0 radical (unpaired) electrons. The standard InChI is InChI=1S/C17H20FNOS/c1-11(17-9-12-5-3-4-6-16(12)21-17)19-13-7-8-14(18)15(10-13)20-2/h7-11,19H,3-6H2,1-2H3. The van der Waals surface area contributed by atoms with E-state index < -0.39 is 0 Å². The summed E-state index contributed by atoms with van der Waals surface area (Å²) in [6.45, 7) is 2.15. The maximum Gasteiger partial charge on any atom is 0.165 e. The molecule has 1 aliphatic carbocycles. The maximum atomic E-state index is 13.4. The van der Waals surface area contributed by atoms with Gasteiger partial charge in [-0.15, -0.1) is 11.3 Å². The lowest BCUT2D eigenvalue weighted by atomic mass is 9.99. The van der Waals surface area contributed by atoms with E-state index in [1.54, 1.807) is 17.0 Å². The molecule has 2 aromatic rings. The number of aryl methyl sites for hydroxylation is 2. The molecule has 1 aromatic heterocycles. The SMILES string of the molecule is COc1cc(NC(C)c2cc3c(s2)CCCC3)ccc1F. The van der Waals surface area contributed by atoms with Crippen molar-refractivity contribution in [2.24, 2.45) is 0 Å². The minimum atomic E-state index is -0.331. The van der Waals surface area contributed by atoms with Crippen molar-refractivity contribution in [2.75, 3.05) is 12.4 Å². The number of thiophene rings is 1. The van der Waals surface area contributed by atoms with E-state index in [1.807, 2.05) is 11.3 Å². The average molecular weight is 305 g/mol. The van der Waals surface area contributed by atoms with E-state index >= 15 is 0 Å². The lowest BCUT2D eigenvalue weighted by Crippen LogP contribution is -2.05. The second-order valence-electron chi connectivity index (χ2n) is 5.52. The molecule has 1 atom stereocenters. The van der Waals surface area contributed by atoms with Crippen LogP contribution in [-0.2, 0) is 12.8 Å². The molecule has 21 heavy (non-hydrogen) atoms. The molecule has 4 heteroatoms. The zero-order valence-corrected chi connectivity index (χ0v) is 13.2. The number of fused-ring (bicyclic) bond motifs is 1. The van der Waals surface area contributed by atoms with Gasteiger partial charge in [0.2, 0.25) is 0 Å². The molecule has 1 unspecified atom stereocenters. The fraction of sp³-hybridized carbons (Fsp3) is 0.412. The van der Waals surface area contributed by atoms with Gasteiger partial charge in [0.25, 0.3) is 0 Å². The van der Waals surface area contributed by atoms with E-state index in [4.69, 9.17) is 4.74 Å². The van der Waals surface area contributed by atoms with Gasteiger partial charge in [-0.25, -0.2) is 4.39 Å². The first-order valence-electron chi connectivity index (χ1n) is 7.39. The van der Waals surface area contributed by atoms with Gasteiger partial charge in [0, 0.05) is 21.5 Å². The first-order valence-corrected chi connectivity index (χ1v) is 8.20. The van der Waals surface area contributed by atoms with Gasteiger partial charge in [-0.1, -0.05) is 0 Å². The summed E-state index contributed by atoms with van der Waals surface area (Å²) in [4.78, 5) is 2.90. The van der Waals surface area contributed by atoms with Crippen LogP contribution in [0.2, 0.25) is 0 Å². The van der Waals surface area contributed by atoms with E-state index in [1.165, 1.54) is 49.3 Å². The molecule has 1 aliphatic rings. The highest BCUT2D eigenvalue weighted by molar-refractivity contribution is 7.12. The third-order valence-corrected chi connectivity index (χ3v) is 5.40. The Morgan fingerprint density at radius 2 is 2.05 bits per heavy atom. The molecule has 3 rings (SSSR count). The number of ether oxygens (including phenoxy) is 1. The molecule has 0 spiro atoms. The summed E-state index contributed by atoms with van der Waals surface area (Å²) in [5.41, 5.74) is 2.40. The van der Waals surface area contributed by atoms with E-state index in [0.29, 0.717) is 0 Å². The first kappa shape index (κ1) is 14.4. The quantitative estimate of drug-likeness (QED) is 0.863. The van der Waals surface area contributed by atoms with Gasteiger partial charge >= 0.3 is 0 Å². The lowest BCUT2D eigenvalue weighted by Gasteiger charge is -2.14. The van der Waals surface area contributed by atoms with Crippen molar-refractivity contribution in [1.82, 2.24) is 0 Å². The average Bonchev–Trinajstić information content (AvgIpc) is 2.93. The number of hydrogen-bond donors (Lipinski definition) is 1. The van der Waals surface area contributed by atoms with Crippen LogP contribution in [-0.4, -0.2) is 7.11 Å². The Balaban J connectivity index is 1.76. The van der Waals surface area contributed by atoms with Crippen molar-refractivity contribution in [2.45, 2.75) is 38.6 Å². The Morgan fingerprint density at radius 3 is 2.81 bits per heavy atom. The predicted molar refractivity (Wildman–Crippen MR) is 86.0 cm³/mol. The molecule has 1 aromatic carbocycles. The van der Waals surface area contributed by atoms with Crippen molar-refractivity contribution in [3.05, 3.63) is 45.4 Å². The summed E-state index contributed by atoms with van der Waals surface area (Å²) >= 11 is 1.91. The van der Waals surface area contributed by atoms with Gasteiger partial charge in [-0.05, 0) is 56.4 Å². The second kappa shape index (κ2) is 6.06. The van der Waals surface area contributed by atoms with Gasteiger partial charge in [0.15, 0.2) is 11.6 Å². The molecule has 1 heterocycles. The molecule has 0 saturated carbocycles. The number of anilines is 1. The second-order valence-corrected chi connectivity index (χ2v) is 6.69. The summed E-state index contributed by atoms with van der Waals surface area (Å²) in [5.74, 6) is -0.0556. The highest BCUT2D eigenvalue weighted by atomic mass is 32.1. The molecule has 0 aliphatic heterocycles. The molecule has 2 nitrogen and oxygen atoms in total. The van der Waals surface area contributed by atoms with E-state index in [0.717, 1.165) is 5.69 Å². The van der Waals surface area contributed by atoms with Gasteiger partial charge in [0.1, 0.15) is 0 Å². The zero-order chi connectivity index (χ0) is 14.8. The zero-order valence-electron chi connectivity index (χ0n) is 12.4. The van der Waals surface area contributed by atoms with Crippen molar-refractivity contribution in [3.8, 4) is 5.75 Å². The summed E-state index contributed by atoms with van der Waals surface area (Å²) in [6.07, 6.45) is 5.05. The van der Waals surface area contributed by atoms with Crippen LogP contribution >= 0.6 is 11.3 Å². The molecule has 1 N–H and O–H groups in total. The van der Waals surface area contributed by atoms with Crippen LogP contribution in [0.3, 0.4) is 0 Å². The summed E-state index contributed by atoms with van der Waals surface area (Å²) in [6, 6.07) is 7.45. The van der Waals surface area contributed by atoms with Crippen LogP contribution in [0.5, 0.6) is 5.75 Å². The van der Waals surface area contributed by atoms with Crippen molar-refractivity contribution in [1.29, 1.82) is 0 Å². The number of benzene rings is 1. The van der Waals surface area contributed by atoms with Crippen molar-refractivity contribution < 1.29 is 9.13 Å². The molecule has 0 bridgehead atoms. The minimum absolute atomic E-state index is 0.218. The fourth-order valence-electron chi connectivity index (χ4n) is 2.80.